The summed E-state index contributed by atoms with van der Waals surface area (Å²) in [7, 11) is 0. The Kier molecular flexibility index (Phi) is 4.65. The molecule has 1 aromatic rings. The maximum Gasteiger partial charge on any atom is 0.229 e. The minimum Gasteiger partial charge on any atom is -0.376 e. The molecule has 1 aromatic heterocycles. The molecule has 2 heterocycles. The third-order valence-corrected chi connectivity index (χ3v) is 4.13. The maximum absolute atomic E-state index is 5.59. The van der Waals surface area contributed by atoms with E-state index in [1.165, 1.54) is 12.8 Å². The van der Waals surface area contributed by atoms with E-state index in [0.717, 1.165) is 25.3 Å². The quantitative estimate of drug-likeness (QED) is 0.907. The molecule has 0 aromatic carbocycles. The van der Waals surface area contributed by atoms with Gasteiger partial charge in [0.2, 0.25) is 11.7 Å². The third-order valence-electron chi connectivity index (χ3n) is 4.13. The highest BCUT2D eigenvalue weighted by molar-refractivity contribution is 4.99. The van der Waals surface area contributed by atoms with Crippen LogP contribution in [0.4, 0.5) is 0 Å². The molecule has 112 valence electrons. The number of hydrogen-bond acceptors (Lipinski definition) is 6. The summed E-state index contributed by atoms with van der Waals surface area (Å²) < 4.78 is 16.4. The van der Waals surface area contributed by atoms with E-state index in [2.05, 4.69) is 22.4 Å². The molecule has 1 aliphatic heterocycles. The van der Waals surface area contributed by atoms with Crippen LogP contribution in [0.1, 0.15) is 56.3 Å². The lowest BCUT2D eigenvalue weighted by molar-refractivity contribution is -0.0941. The zero-order valence-corrected chi connectivity index (χ0v) is 12.0. The standard InChI is InChI=1S/C14H23N3O3/c1-2-15-11-5-3-10(4-6-11)14-16-13(17-20-14)12-9-18-7-8-19-12/h10-12,15H,2-9H2,1H3. The van der Waals surface area contributed by atoms with Gasteiger partial charge in [0.1, 0.15) is 6.10 Å². The molecule has 1 saturated carbocycles. The molecule has 1 atom stereocenters. The highest BCUT2D eigenvalue weighted by Crippen LogP contribution is 2.32. The highest BCUT2D eigenvalue weighted by Gasteiger charge is 2.28. The van der Waals surface area contributed by atoms with E-state index in [1.54, 1.807) is 0 Å². The van der Waals surface area contributed by atoms with Gasteiger partial charge in [0.25, 0.3) is 0 Å². The SMILES string of the molecule is CCNC1CCC(c2nc(C3COCCO3)no2)CC1. The lowest BCUT2D eigenvalue weighted by Gasteiger charge is -2.26. The predicted octanol–water partition coefficient (Wildman–Crippen LogP) is 1.79. The zero-order valence-electron chi connectivity index (χ0n) is 12.0. The Labute approximate surface area is 119 Å². The molecular weight excluding hydrogens is 258 g/mol. The van der Waals surface area contributed by atoms with Crippen molar-refractivity contribution in [1.82, 2.24) is 15.5 Å². The molecule has 1 saturated heterocycles. The summed E-state index contributed by atoms with van der Waals surface area (Å²) in [5.41, 5.74) is 0. The fourth-order valence-electron chi connectivity index (χ4n) is 3.01. The van der Waals surface area contributed by atoms with E-state index in [-0.39, 0.29) is 6.10 Å². The third kappa shape index (κ3) is 3.19. The van der Waals surface area contributed by atoms with Crippen LogP contribution in [0.3, 0.4) is 0 Å². The van der Waals surface area contributed by atoms with Crippen molar-refractivity contribution in [2.75, 3.05) is 26.4 Å². The van der Waals surface area contributed by atoms with Gasteiger partial charge < -0.3 is 19.3 Å². The molecule has 6 heteroatoms. The van der Waals surface area contributed by atoms with E-state index in [9.17, 15) is 0 Å². The fourth-order valence-corrected chi connectivity index (χ4v) is 3.01. The lowest BCUT2D eigenvalue weighted by Crippen LogP contribution is -2.32. The Balaban J connectivity index is 1.57. The smallest absolute Gasteiger partial charge is 0.229 e. The normalized spacial score (nSPS) is 31.4. The van der Waals surface area contributed by atoms with Crippen molar-refractivity contribution in [3.63, 3.8) is 0 Å². The van der Waals surface area contributed by atoms with Crippen molar-refractivity contribution in [3.8, 4) is 0 Å². The molecule has 1 unspecified atom stereocenters. The molecule has 1 aliphatic carbocycles. The van der Waals surface area contributed by atoms with Gasteiger partial charge in [-0.05, 0) is 32.2 Å². The molecule has 0 bridgehead atoms. The van der Waals surface area contributed by atoms with Crippen molar-refractivity contribution >= 4 is 0 Å². The molecule has 0 amide bonds. The Bertz CT molecular complexity index is 410. The summed E-state index contributed by atoms with van der Waals surface area (Å²) >= 11 is 0. The molecule has 20 heavy (non-hydrogen) atoms. The predicted molar refractivity (Wildman–Crippen MR) is 72.5 cm³/mol. The number of nitrogens with zero attached hydrogens (tertiary/aromatic N) is 2. The van der Waals surface area contributed by atoms with Gasteiger partial charge >= 0.3 is 0 Å². The van der Waals surface area contributed by atoms with Crippen molar-refractivity contribution in [2.45, 2.75) is 50.7 Å². The Morgan fingerprint density at radius 3 is 2.75 bits per heavy atom. The zero-order chi connectivity index (χ0) is 13.8. The number of aromatic nitrogens is 2. The molecule has 3 rings (SSSR count). The number of ether oxygens (including phenoxy) is 2. The van der Waals surface area contributed by atoms with Gasteiger partial charge in [0.05, 0.1) is 19.8 Å². The molecule has 2 aliphatic rings. The van der Waals surface area contributed by atoms with Crippen LogP contribution in [0, 0.1) is 0 Å². The van der Waals surface area contributed by atoms with Gasteiger partial charge in [-0.2, -0.15) is 4.98 Å². The van der Waals surface area contributed by atoms with Crippen LogP contribution >= 0.6 is 0 Å². The number of rotatable bonds is 4. The average molecular weight is 281 g/mol. The topological polar surface area (TPSA) is 69.4 Å². The van der Waals surface area contributed by atoms with Crippen LogP contribution in [-0.2, 0) is 9.47 Å². The molecule has 0 spiro atoms. The molecule has 1 N–H and O–H groups in total. The van der Waals surface area contributed by atoms with Gasteiger partial charge in [-0.1, -0.05) is 12.1 Å². The molecule has 6 nitrogen and oxygen atoms in total. The van der Waals surface area contributed by atoms with Crippen LogP contribution < -0.4 is 5.32 Å². The minimum absolute atomic E-state index is 0.167. The first kappa shape index (κ1) is 14.0. The first-order valence-electron chi connectivity index (χ1n) is 7.63. The monoisotopic (exact) mass is 281 g/mol. The van der Waals surface area contributed by atoms with E-state index in [1.807, 2.05) is 0 Å². The first-order valence-corrected chi connectivity index (χ1v) is 7.63. The number of nitrogens with one attached hydrogen (secondary N) is 1. The van der Waals surface area contributed by atoms with E-state index >= 15 is 0 Å². The van der Waals surface area contributed by atoms with Gasteiger partial charge in [-0.15, -0.1) is 0 Å². The first-order chi connectivity index (χ1) is 9.86. The van der Waals surface area contributed by atoms with Crippen molar-refractivity contribution < 1.29 is 14.0 Å². The Morgan fingerprint density at radius 2 is 2.05 bits per heavy atom. The Morgan fingerprint density at radius 1 is 1.20 bits per heavy atom. The number of hydrogen-bond donors (Lipinski definition) is 1. The minimum atomic E-state index is -0.167. The van der Waals surface area contributed by atoms with Crippen molar-refractivity contribution in [3.05, 3.63) is 11.7 Å². The summed E-state index contributed by atoms with van der Waals surface area (Å²) in [5.74, 6) is 1.80. The second-order valence-corrected chi connectivity index (χ2v) is 5.53. The van der Waals surface area contributed by atoms with Gasteiger partial charge in [-0.25, -0.2) is 0 Å². The molecule has 2 fully saturated rings. The van der Waals surface area contributed by atoms with Crippen molar-refractivity contribution in [1.29, 1.82) is 0 Å². The summed E-state index contributed by atoms with van der Waals surface area (Å²) in [6.45, 7) is 4.96. The highest BCUT2D eigenvalue weighted by atomic mass is 16.6. The summed E-state index contributed by atoms with van der Waals surface area (Å²) in [6.07, 6.45) is 4.42. The van der Waals surface area contributed by atoms with E-state index in [0.29, 0.717) is 37.6 Å². The largest absolute Gasteiger partial charge is 0.376 e. The average Bonchev–Trinajstić information content (AvgIpc) is 2.99. The van der Waals surface area contributed by atoms with Crippen LogP contribution in [0.15, 0.2) is 4.52 Å². The summed E-state index contributed by atoms with van der Waals surface area (Å²) in [5, 5.41) is 7.57. The van der Waals surface area contributed by atoms with Gasteiger partial charge in [-0.3, -0.25) is 0 Å². The summed E-state index contributed by atoms with van der Waals surface area (Å²) in [4.78, 5) is 4.53. The van der Waals surface area contributed by atoms with Crippen LogP contribution in [0.2, 0.25) is 0 Å². The van der Waals surface area contributed by atoms with E-state index in [4.69, 9.17) is 14.0 Å². The van der Waals surface area contributed by atoms with Crippen LogP contribution in [0.25, 0.3) is 0 Å². The Hall–Kier alpha value is -0.980. The second-order valence-electron chi connectivity index (χ2n) is 5.53. The molecular formula is C14H23N3O3. The lowest BCUT2D eigenvalue weighted by atomic mass is 9.86. The van der Waals surface area contributed by atoms with Crippen LogP contribution in [0.5, 0.6) is 0 Å². The maximum atomic E-state index is 5.59. The molecule has 0 radical (unpaired) electrons. The van der Waals surface area contributed by atoms with Crippen LogP contribution in [-0.4, -0.2) is 42.5 Å². The van der Waals surface area contributed by atoms with Crippen molar-refractivity contribution in [2.24, 2.45) is 0 Å². The second kappa shape index (κ2) is 6.65. The summed E-state index contributed by atoms with van der Waals surface area (Å²) in [6, 6.07) is 0.647. The van der Waals surface area contributed by atoms with E-state index < -0.39 is 0 Å². The van der Waals surface area contributed by atoms with Gasteiger partial charge in [0, 0.05) is 12.0 Å². The van der Waals surface area contributed by atoms with Gasteiger partial charge in [0.15, 0.2) is 0 Å². The fraction of sp³-hybridized carbons (Fsp3) is 0.857.